The van der Waals surface area contributed by atoms with E-state index >= 15 is 0 Å². The highest BCUT2D eigenvalue weighted by Crippen LogP contribution is 2.13. The van der Waals surface area contributed by atoms with Gasteiger partial charge in [-0.2, -0.15) is 0 Å². The molecule has 5 heteroatoms. The predicted molar refractivity (Wildman–Crippen MR) is 63.7 cm³/mol. The van der Waals surface area contributed by atoms with Crippen molar-refractivity contribution < 1.29 is 9.94 Å². The van der Waals surface area contributed by atoms with Crippen LogP contribution in [0.1, 0.15) is 32.6 Å². The fourth-order valence-corrected chi connectivity index (χ4v) is 1.94. The van der Waals surface area contributed by atoms with Gasteiger partial charge in [-0.1, -0.05) is 12.1 Å². The topological polar surface area (TPSA) is 79.9 Å². The summed E-state index contributed by atoms with van der Waals surface area (Å²) in [7, 11) is 0. The first kappa shape index (κ1) is 13.3. The minimum absolute atomic E-state index is 0.298. The fraction of sp³-hybridized carbons (Fsp3) is 0.909. The third-order valence-corrected chi connectivity index (χ3v) is 3.11. The molecule has 1 fully saturated rings. The first-order chi connectivity index (χ1) is 7.76. The maximum absolute atomic E-state index is 8.51. The van der Waals surface area contributed by atoms with Crippen molar-refractivity contribution in [3.05, 3.63) is 0 Å². The summed E-state index contributed by atoms with van der Waals surface area (Å²) in [6, 6.07) is 0.304. The number of rotatable bonds is 6. The van der Waals surface area contributed by atoms with Crippen molar-refractivity contribution in [1.29, 1.82) is 0 Å². The molecule has 94 valence electrons. The zero-order valence-electron chi connectivity index (χ0n) is 9.98. The molecule has 1 atom stereocenters. The fourth-order valence-electron chi connectivity index (χ4n) is 1.94. The van der Waals surface area contributed by atoms with Crippen molar-refractivity contribution in [2.75, 3.05) is 19.8 Å². The van der Waals surface area contributed by atoms with Crippen molar-refractivity contribution >= 4 is 5.84 Å². The van der Waals surface area contributed by atoms with Gasteiger partial charge in [0.2, 0.25) is 0 Å². The van der Waals surface area contributed by atoms with Crippen LogP contribution in [0, 0.1) is 5.92 Å². The predicted octanol–water partition coefficient (Wildman–Crippen LogP) is 0.918. The van der Waals surface area contributed by atoms with Crippen LogP contribution in [0.5, 0.6) is 0 Å². The van der Waals surface area contributed by atoms with Crippen LogP contribution in [0.3, 0.4) is 0 Å². The molecular weight excluding hydrogens is 206 g/mol. The lowest BCUT2D eigenvalue weighted by molar-refractivity contribution is 0.0654. The molecule has 5 nitrogen and oxygen atoms in total. The van der Waals surface area contributed by atoms with E-state index in [1.165, 1.54) is 0 Å². The normalized spacial score (nSPS) is 20.9. The summed E-state index contributed by atoms with van der Waals surface area (Å²) in [5.41, 5.74) is 5.50. The second-order valence-electron chi connectivity index (χ2n) is 4.36. The average molecular weight is 229 g/mol. The van der Waals surface area contributed by atoms with Crippen molar-refractivity contribution in [3.8, 4) is 0 Å². The largest absolute Gasteiger partial charge is 0.409 e. The summed E-state index contributed by atoms with van der Waals surface area (Å²) in [6.07, 6.45) is 3.86. The molecule has 0 aliphatic carbocycles. The van der Waals surface area contributed by atoms with E-state index in [1.54, 1.807) is 0 Å². The Kier molecular flexibility index (Phi) is 6.18. The van der Waals surface area contributed by atoms with Gasteiger partial charge in [-0.25, -0.2) is 0 Å². The number of oxime groups is 1. The Morgan fingerprint density at radius 2 is 2.25 bits per heavy atom. The molecule has 4 N–H and O–H groups in total. The quantitative estimate of drug-likeness (QED) is 0.274. The van der Waals surface area contributed by atoms with Gasteiger partial charge in [0, 0.05) is 25.7 Å². The van der Waals surface area contributed by atoms with Crippen LogP contribution in [-0.4, -0.2) is 36.8 Å². The minimum atomic E-state index is 0.298. The lowest BCUT2D eigenvalue weighted by atomic mass is 9.99. The number of amidine groups is 1. The smallest absolute Gasteiger partial charge is 0.140 e. The van der Waals surface area contributed by atoms with Crippen LogP contribution < -0.4 is 11.1 Å². The molecule has 1 unspecified atom stereocenters. The van der Waals surface area contributed by atoms with E-state index < -0.39 is 0 Å². The van der Waals surface area contributed by atoms with Crippen LogP contribution >= 0.6 is 0 Å². The molecule has 16 heavy (non-hydrogen) atoms. The summed E-state index contributed by atoms with van der Waals surface area (Å²) in [4.78, 5) is 0. The minimum Gasteiger partial charge on any atom is -0.409 e. The van der Waals surface area contributed by atoms with Gasteiger partial charge in [0.15, 0.2) is 0 Å². The highest BCUT2D eigenvalue weighted by atomic mass is 16.5. The van der Waals surface area contributed by atoms with E-state index in [4.69, 9.17) is 15.7 Å². The highest BCUT2D eigenvalue weighted by molar-refractivity contribution is 5.80. The van der Waals surface area contributed by atoms with Crippen molar-refractivity contribution in [2.45, 2.75) is 38.6 Å². The molecule has 0 radical (unpaired) electrons. The number of nitrogens with zero attached hydrogens (tertiary/aromatic N) is 1. The van der Waals surface area contributed by atoms with Crippen LogP contribution in [0.2, 0.25) is 0 Å². The summed E-state index contributed by atoms with van der Waals surface area (Å²) in [5, 5.41) is 15.0. The zero-order chi connectivity index (χ0) is 11.8. The number of nitrogens with one attached hydrogen (secondary N) is 1. The van der Waals surface area contributed by atoms with Gasteiger partial charge in [-0.3, -0.25) is 0 Å². The molecular formula is C11H23N3O2. The standard InChI is InChI=1S/C11H23N3O2/c1-2-10(7-11(12)14-15)13-8-9-3-5-16-6-4-9/h9-10,13,15H,2-8H2,1H3,(H2,12,14). The van der Waals surface area contributed by atoms with Crippen LogP contribution in [0.25, 0.3) is 0 Å². The van der Waals surface area contributed by atoms with Gasteiger partial charge in [-0.15, -0.1) is 0 Å². The van der Waals surface area contributed by atoms with Gasteiger partial charge >= 0.3 is 0 Å². The first-order valence-electron chi connectivity index (χ1n) is 6.03. The molecule has 1 heterocycles. The molecule has 0 aromatic carbocycles. The zero-order valence-corrected chi connectivity index (χ0v) is 9.98. The molecule has 1 saturated heterocycles. The number of ether oxygens (including phenoxy) is 1. The van der Waals surface area contributed by atoms with Crippen molar-refractivity contribution in [1.82, 2.24) is 5.32 Å². The Balaban J connectivity index is 2.22. The summed E-state index contributed by atoms with van der Waals surface area (Å²) >= 11 is 0. The van der Waals surface area contributed by atoms with E-state index in [0.717, 1.165) is 39.0 Å². The summed E-state index contributed by atoms with van der Waals surface area (Å²) in [6.45, 7) is 4.86. The van der Waals surface area contributed by atoms with Crippen LogP contribution in [0.15, 0.2) is 5.16 Å². The first-order valence-corrected chi connectivity index (χ1v) is 6.03. The highest BCUT2D eigenvalue weighted by Gasteiger charge is 2.15. The van der Waals surface area contributed by atoms with Crippen LogP contribution in [-0.2, 0) is 4.74 Å². The molecule has 1 aliphatic heterocycles. The Labute approximate surface area is 97.0 Å². The van der Waals surface area contributed by atoms with Gasteiger partial charge in [0.1, 0.15) is 5.84 Å². The van der Waals surface area contributed by atoms with Gasteiger partial charge in [0.25, 0.3) is 0 Å². The Morgan fingerprint density at radius 3 is 2.81 bits per heavy atom. The Hall–Kier alpha value is -0.810. The lowest BCUT2D eigenvalue weighted by Gasteiger charge is -2.25. The van der Waals surface area contributed by atoms with Crippen molar-refractivity contribution in [2.24, 2.45) is 16.8 Å². The lowest BCUT2D eigenvalue weighted by Crippen LogP contribution is -2.37. The molecule has 0 saturated carbocycles. The van der Waals surface area contributed by atoms with Crippen LogP contribution in [0.4, 0.5) is 0 Å². The molecule has 0 spiro atoms. The Bertz CT molecular complexity index is 215. The number of hydrogen-bond acceptors (Lipinski definition) is 4. The maximum atomic E-state index is 8.51. The van der Waals surface area contributed by atoms with E-state index in [1.807, 2.05) is 0 Å². The molecule has 1 rings (SSSR count). The van der Waals surface area contributed by atoms with E-state index in [2.05, 4.69) is 17.4 Å². The van der Waals surface area contributed by atoms with Gasteiger partial charge < -0.3 is 21.0 Å². The Morgan fingerprint density at radius 1 is 1.56 bits per heavy atom. The second-order valence-corrected chi connectivity index (χ2v) is 4.36. The molecule has 0 bridgehead atoms. The summed E-state index contributed by atoms with van der Waals surface area (Å²) < 4.78 is 5.31. The SMILES string of the molecule is CCC(CC(N)=NO)NCC1CCOCC1. The third-order valence-electron chi connectivity index (χ3n) is 3.11. The summed E-state index contributed by atoms with van der Waals surface area (Å²) in [5.74, 6) is 1.00. The molecule has 0 aromatic rings. The van der Waals surface area contributed by atoms with Gasteiger partial charge in [-0.05, 0) is 31.7 Å². The van der Waals surface area contributed by atoms with E-state index in [0.29, 0.717) is 24.2 Å². The second kappa shape index (κ2) is 7.46. The third kappa shape index (κ3) is 4.81. The van der Waals surface area contributed by atoms with Crippen molar-refractivity contribution in [3.63, 3.8) is 0 Å². The number of nitrogens with two attached hydrogens (primary N) is 1. The average Bonchev–Trinajstić information content (AvgIpc) is 2.35. The van der Waals surface area contributed by atoms with E-state index in [9.17, 15) is 0 Å². The van der Waals surface area contributed by atoms with Gasteiger partial charge in [0.05, 0.1) is 0 Å². The number of hydrogen-bond donors (Lipinski definition) is 3. The monoisotopic (exact) mass is 229 g/mol. The molecule has 1 aliphatic rings. The van der Waals surface area contributed by atoms with E-state index in [-0.39, 0.29) is 0 Å². The molecule has 0 aromatic heterocycles. The molecule has 0 amide bonds. The maximum Gasteiger partial charge on any atom is 0.140 e.